The quantitative estimate of drug-likeness (QED) is 0.747. The number of hydrogen-bond donors (Lipinski definition) is 1. The molecule has 90 valence electrons. The first-order valence-electron chi connectivity index (χ1n) is 5.48. The summed E-state index contributed by atoms with van der Waals surface area (Å²) >= 11 is 5.35. The fraction of sp³-hybridized carbons (Fsp3) is 0.917. The van der Waals surface area contributed by atoms with Crippen LogP contribution in [-0.4, -0.2) is 37.1 Å². The van der Waals surface area contributed by atoms with Crippen molar-refractivity contribution in [1.82, 2.24) is 10.2 Å². The molecule has 0 aromatic carbocycles. The summed E-state index contributed by atoms with van der Waals surface area (Å²) in [6.45, 7) is 12.9. The van der Waals surface area contributed by atoms with Crippen LogP contribution in [0.1, 0.15) is 34.6 Å². The Labute approximate surface area is 100 Å². The molecule has 0 saturated carbocycles. The second-order valence-electron chi connectivity index (χ2n) is 6.33. The highest BCUT2D eigenvalue weighted by molar-refractivity contribution is 7.80. The van der Waals surface area contributed by atoms with E-state index in [1.165, 1.54) is 0 Å². The molecule has 0 amide bonds. The second kappa shape index (κ2) is 5.26. The average Bonchev–Trinajstić information content (AvgIpc) is 1.95. The standard InChI is InChI=1S/C12H26N2S/c1-11(2,3)10(15)13-8-12(4,5)9-14(6)7/h8-9H2,1-7H3,(H,13,15). The van der Waals surface area contributed by atoms with Crippen molar-refractivity contribution < 1.29 is 0 Å². The van der Waals surface area contributed by atoms with Crippen molar-refractivity contribution >= 4 is 17.2 Å². The molecule has 0 rings (SSSR count). The van der Waals surface area contributed by atoms with Crippen molar-refractivity contribution in [1.29, 1.82) is 0 Å². The maximum Gasteiger partial charge on any atom is 0.0807 e. The van der Waals surface area contributed by atoms with Gasteiger partial charge in [0.15, 0.2) is 0 Å². The molecule has 1 N–H and O–H groups in total. The highest BCUT2D eigenvalue weighted by atomic mass is 32.1. The Morgan fingerprint density at radius 1 is 1.13 bits per heavy atom. The van der Waals surface area contributed by atoms with Crippen molar-refractivity contribution in [3.8, 4) is 0 Å². The van der Waals surface area contributed by atoms with Gasteiger partial charge in [-0.05, 0) is 19.5 Å². The van der Waals surface area contributed by atoms with Crippen LogP contribution >= 0.6 is 12.2 Å². The number of rotatable bonds is 4. The lowest BCUT2D eigenvalue weighted by Crippen LogP contribution is -2.42. The van der Waals surface area contributed by atoms with E-state index in [1.807, 2.05) is 0 Å². The van der Waals surface area contributed by atoms with E-state index in [9.17, 15) is 0 Å². The summed E-state index contributed by atoms with van der Waals surface area (Å²) in [5.74, 6) is 0. The lowest BCUT2D eigenvalue weighted by atomic mass is 9.91. The number of hydrogen-bond acceptors (Lipinski definition) is 2. The van der Waals surface area contributed by atoms with Gasteiger partial charge in [0.1, 0.15) is 0 Å². The average molecular weight is 230 g/mol. The fourth-order valence-corrected chi connectivity index (χ4v) is 1.57. The molecule has 0 fully saturated rings. The van der Waals surface area contributed by atoms with Crippen molar-refractivity contribution in [2.24, 2.45) is 10.8 Å². The van der Waals surface area contributed by atoms with Crippen molar-refractivity contribution in [3.05, 3.63) is 0 Å². The smallest absolute Gasteiger partial charge is 0.0807 e. The zero-order valence-corrected chi connectivity index (χ0v) is 12.1. The van der Waals surface area contributed by atoms with Crippen LogP contribution in [0.2, 0.25) is 0 Å². The van der Waals surface area contributed by atoms with E-state index in [-0.39, 0.29) is 10.8 Å². The topological polar surface area (TPSA) is 15.3 Å². The van der Waals surface area contributed by atoms with E-state index < -0.39 is 0 Å². The molecular formula is C12H26N2S. The molecule has 0 heterocycles. The third-order valence-corrected chi connectivity index (χ3v) is 2.91. The normalized spacial score (nSPS) is 13.1. The van der Waals surface area contributed by atoms with Crippen LogP contribution in [0, 0.1) is 10.8 Å². The molecule has 0 bridgehead atoms. The van der Waals surface area contributed by atoms with Gasteiger partial charge in [-0.15, -0.1) is 0 Å². The number of thiocarbonyl (C=S) groups is 1. The van der Waals surface area contributed by atoms with Crippen LogP contribution < -0.4 is 5.32 Å². The summed E-state index contributed by atoms with van der Waals surface area (Å²) in [5.41, 5.74) is 0.322. The summed E-state index contributed by atoms with van der Waals surface area (Å²) < 4.78 is 0. The van der Waals surface area contributed by atoms with Crippen LogP contribution in [0.25, 0.3) is 0 Å². The van der Waals surface area contributed by atoms with E-state index >= 15 is 0 Å². The zero-order chi connectivity index (χ0) is 12.3. The van der Waals surface area contributed by atoms with Crippen LogP contribution in [0.15, 0.2) is 0 Å². The van der Waals surface area contributed by atoms with Crippen LogP contribution in [-0.2, 0) is 0 Å². The minimum atomic E-state index is 0.0729. The third-order valence-electron chi connectivity index (χ3n) is 2.15. The van der Waals surface area contributed by atoms with Gasteiger partial charge in [-0.25, -0.2) is 0 Å². The van der Waals surface area contributed by atoms with Crippen LogP contribution in [0.4, 0.5) is 0 Å². The van der Waals surface area contributed by atoms with Crippen LogP contribution in [0.3, 0.4) is 0 Å². The molecule has 0 spiro atoms. The monoisotopic (exact) mass is 230 g/mol. The Bertz CT molecular complexity index is 214. The largest absolute Gasteiger partial charge is 0.379 e. The predicted octanol–water partition coefficient (Wildman–Crippen LogP) is 2.54. The summed E-state index contributed by atoms with van der Waals surface area (Å²) in [5, 5.41) is 3.37. The first-order chi connectivity index (χ1) is 6.54. The molecule has 15 heavy (non-hydrogen) atoms. The Morgan fingerprint density at radius 3 is 1.93 bits per heavy atom. The lowest BCUT2D eigenvalue weighted by Gasteiger charge is -2.31. The van der Waals surface area contributed by atoms with Crippen LogP contribution in [0.5, 0.6) is 0 Å². The summed E-state index contributed by atoms with van der Waals surface area (Å²) in [6, 6.07) is 0. The van der Waals surface area contributed by atoms with Gasteiger partial charge in [-0.2, -0.15) is 0 Å². The van der Waals surface area contributed by atoms with Gasteiger partial charge in [0.05, 0.1) is 4.99 Å². The summed E-state index contributed by atoms with van der Waals surface area (Å²) in [7, 11) is 4.20. The van der Waals surface area contributed by atoms with Gasteiger partial charge in [0.25, 0.3) is 0 Å². The minimum absolute atomic E-state index is 0.0729. The fourth-order valence-electron chi connectivity index (χ4n) is 1.50. The van der Waals surface area contributed by atoms with Gasteiger partial charge in [-0.1, -0.05) is 46.8 Å². The molecule has 0 aromatic heterocycles. The molecule has 0 unspecified atom stereocenters. The van der Waals surface area contributed by atoms with E-state index in [1.54, 1.807) is 0 Å². The van der Waals surface area contributed by atoms with E-state index in [0.29, 0.717) is 0 Å². The van der Waals surface area contributed by atoms with E-state index in [2.05, 4.69) is 58.9 Å². The Balaban J connectivity index is 4.10. The number of nitrogens with one attached hydrogen (secondary N) is 1. The Hall–Kier alpha value is -0.150. The molecule has 0 aliphatic rings. The SMILES string of the molecule is CN(C)CC(C)(C)CNC(=S)C(C)(C)C. The predicted molar refractivity (Wildman–Crippen MR) is 72.4 cm³/mol. The zero-order valence-electron chi connectivity index (χ0n) is 11.3. The maximum absolute atomic E-state index is 5.35. The molecule has 0 aliphatic heterocycles. The van der Waals surface area contributed by atoms with Gasteiger partial charge < -0.3 is 10.2 Å². The highest BCUT2D eigenvalue weighted by Crippen LogP contribution is 2.18. The molecule has 3 heteroatoms. The molecule has 0 atom stereocenters. The second-order valence-corrected chi connectivity index (χ2v) is 6.74. The molecule has 0 radical (unpaired) electrons. The maximum atomic E-state index is 5.35. The lowest BCUT2D eigenvalue weighted by molar-refractivity contribution is 0.240. The highest BCUT2D eigenvalue weighted by Gasteiger charge is 2.22. The van der Waals surface area contributed by atoms with E-state index in [4.69, 9.17) is 12.2 Å². The molecule has 0 aromatic rings. The summed E-state index contributed by atoms with van der Waals surface area (Å²) in [6.07, 6.45) is 0. The van der Waals surface area contributed by atoms with Crippen molar-refractivity contribution in [3.63, 3.8) is 0 Å². The summed E-state index contributed by atoms with van der Waals surface area (Å²) in [4.78, 5) is 3.16. The third kappa shape index (κ3) is 6.85. The van der Waals surface area contributed by atoms with Crippen molar-refractivity contribution in [2.45, 2.75) is 34.6 Å². The van der Waals surface area contributed by atoms with Gasteiger partial charge in [0.2, 0.25) is 0 Å². The molecule has 0 saturated heterocycles. The van der Waals surface area contributed by atoms with Gasteiger partial charge in [0, 0.05) is 18.5 Å². The van der Waals surface area contributed by atoms with Gasteiger partial charge >= 0.3 is 0 Å². The Kier molecular flexibility index (Phi) is 5.21. The Morgan fingerprint density at radius 2 is 1.60 bits per heavy atom. The van der Waals surface area contributed by atoms with E-state index in [0.717, 1.165) is 18.1 Å². The first kappa shape index (κ1) is 14.8. The first-order valence-corrected chi connectivity index (χ1v) is 5.88. The van der Waals surface area contributed by atoms with Crippen molar-refractivity contribution in [2.75, 3.05) is 27.2 Å². The van der Waals surface area contributed by atoms with Gasteiger partial charge in [-0.3, -0.25) is 0 Å². The molecule has 2 nitrogen and oxygen atoms in total. The molecular weight excluding hydrogens is 204 g/mol. The molecule has 0 aliphatic carbocycles. The number of nitrogens with zero attached hydrogens (tertiary/aromatic N) is 1. The minimum Gasteiger partial charge on any atom is -0.379 e.